The van der Waals surface area contributed by atoms with E-state index in [1.165, 1.54) is 25.7 Å². The molecule has 2 fully saturated rings. The Labute approximate surface area is 76.7 Å². The van der Waals surface area contributed by atoms with E-state index in [-0.39, 0.29) is 0 Å². The fourth-order valence-electron chi connectivity index (χ4n) is 3.60. The van der Waals surface area contributed by atoms with Crippen LogP contribution in [-0.2, 0) is 0 Å². The van der Waals surface area contributed by atoms with Gasteiger partial charge in [0.1, 0.15) is 0 Å². The summed E-state index contributed by atoms with van der Waals surface area (Å²) in [5, 5.41) is 0. The highest BCUT2D eigenvalue weighted by atomic mass is 14.3. The van der Waals surface area contributed by atoms with Crippen molar-refractivity contribution in [2.24, 2.45) is 23.7 Å². The van der Waals surface area contributed by atoms with Crippen LogP contribution in [0.25, 0.3) is 0 Å². The molecular formula is C12H22. The quantitative estimate of drug-likeness (QED) is 0.512. The molecule has 0 unspecified atom stereocenters. The second kappa shape index (κ2) is 3.40. The van der Waals surface area contributed by atoms with Crippen molar-refractivity contribution >= 4 is 0 Å². The Morgan fingerprint density at radius 1 is 0.667 bits per heavy atom. The van der Waals surface area contributed by atoms with Crippen molar-refractivity contribution in [2.45, 2.75) is 52.4 Å². The van der Waals surface area contributed by atoms with E-state index in [2.05, 4.69) is 13.8 Å². The minimum atomic E-state index is 1.02. The molecule has 0 amide bonds. The van der Waals surface area contributed by atoms with Crippen molar-refractivity contribution in [3.8, 4) is 0 Å². The van der Waals surface area contributed by atoms with Crippen LogP contribution in [0.5, 0.6) is 0 Å². The highest BCUT2D eigenvalue weighted by Crippen LogP contribution is 2.41. The zero-order valence-corrected chi connectivity index (χ0v) is 8.55. The van der Waals surface area contributed by atoms with E-state index in [4.69, 9.17) is 0 Å². The van der Waals surface area contributed by atoms with Crippen LogP contribution in [-0.4, -0.2) is 0 Å². The minimum absolute atomic E-state index is 1.02. The summed E-state index contributed by atoms with van der Waals surface area (Å²) < 4.78 is 0. The summed E-state index contributed by atoms with van der Waals surface area (Å²) in [7, 11) is 0. The normalized spacial score (nSPS) is 48.5. The number of fused-ring (bicyclic) bond motifs is 3. The van der Waals surface area contributed by atoms with Gasteiger partial charge in [0.15, 0.2) is 0 Å². The summed E-state index contributed by atoms with van der Waals surface area (Å²) in [5.74, 6) is 4.22. The first-order valence-corrected chi connectivity index (χ1v) is 5.74. The Morgan fingerprint density at radius 3 is 1.33 bits per heavy atom. The van der Waals surface area contributed by atoms with Gasteiger partial charge in [-0.15, -0.1) is 0 Å². The van der Waals surface area contributed by atoms with Crippen LogP contribution in [0.1, 0.15) is 52.4 Å². The average molecular weight is 166 g/mol. The molecule has 2 bridgehead atoms. The molecule has 0 aromatic heterocycles. The van der Waals surface area contributed by atoms with E-state index in [0.717, 1.165) is 23.7 Å². The van der Waals surface area contributed by atoms with Crippen molar-refractivity contribution in [1.82, 2.24) is 0 Å². The van der Waals surface area contributed by atoms with Crippen molar-refractivity contribution in [3.63, 3.8) is 0 Å². The van der Waals surface area contributed by atoms with Gasteiger partial charge in [0, 0.05) is 0 Å². The van der Waals surface area contributed by atoms with Gasteiger partial charge in [-0.1, -0.05) is 26.7 Å². The molecule has 0 heterocycles. The molecule has 0 nitrogen and oxygen atoms in total. The summed E-state index contributed by atoms with van der Waals surface area (Å²) in [5.41, 5.74) is 0. The Balaban J connectivity index is 2.07. The van der Waals surface area contributed by atoms with Gasteiger partial charge in [0.05, 0.1) is 0 Å². The van der Waals surface area contributed by atoms with Crippen LogP contribution in [0.15, 0.2) is 0 Å². The summed E-state index contributed by atoms with van der Waals surface area (Å²) in [6.45, 7) is 4.92. The van der Waals surface area contributed by atoms with E-state index in [1.807, 2.05) is 0 Å². The summed E-state index contributed by atoms with van der Waals surface area (Å²) in [6.07, 6.45) is 9.20. The lowest BCUT2D eigenvalue weighted by molar-refractivity contribution is 0.266. The zero-order valence-electron chi connectivity index (χ0n) is 8.55. The molecule has 0 radical (unpaired) electrons. The molecule has 0 aliphatic heterocycles. The van der Waals surface area contributed by atoms with E-state index < -0.39 is 0 Å². The molecule has 2 aliphatic rings. The van der Waals surface area contributed by atoms with Gasteiger partial charge in [-0.3, -0.25) is 0 Å². The molecule has 70 valence electrons. The first kappa shape index (κ1) is 8.59. The summed E-state index contributed by atoms with van der Waals surface area (Å²) in [4.78, 5) is 0. The molecular weight excluding hydrogens is 144 g/mol. The van der Waals surface area contributed by atoms with E-state index in [0.29, 0.717) is 0 Å². The fourth-order valence-corrected chi connectivity index (χ4v) is 3.60. The third-order valence-corrected chi connectivity index (χ3v) is 3.93. The lowest BCUT2D eigenvalue weighted by Crippen LogP contribution is -2.13. The van der Waals surface area contributed by atoms with Crippen LogP contribution in [0, 0.1) is 23.7 Å². The monoisotopic (exact) mass is 166 g/mol. The molecule has 0 aromatic carbocycles. The van der Waals surface area contributed by atoms with Gasteiger partial charge in [0.25, 0.3) is 0 Å². The van der Waals surface area contributed by atoms with E-state index in [9.17, 15) is 0 Å². The van der Waals surface area contributed by atoms with Gasteiger partial charge in [-0.05, 0) is 49.4 Å². The molecule has 0 spiro atoms. The number of hydrogen-bond acceptors (Lipinski definition) is 0. The topological polar surface area (TPSA) is 0 Å². The number of rotatable bonds is 0. The van der Waals surface area contributed by atoms with Crippen LogP contribution in [0.4, 0.5) is 0 Å². The highest BCUT2D eigenvalue weighted by Gasteiger charge is 2.29. The Kier molecular flexibility index (Phi) is 2.43. The van der Waals surface area contributed by atoms with E-state index >= 15 is 0 Å². The predicted octanol–water partition coefficient (Wildman–Crippen LogP) is 3.86. The maximum absolute atomic E-state index is 2.46. The Bertz CT molecular complexity index is 120. The van der Waals surface area contributed by atoms with Crippen LogP contribution < -0.4 is 0 Å². The molecule has 0 N–H and O–H groups in total. The first-order chi connectivity index (χ1) is 5.74. The molecule has 0 aromatic rings. The van der Waals surface area contributed by atoms with Crippen molar-refractivity contribution in [3.05, 3.63) is 0 Å². The van der Waals surface area contributed by atoms with Gasteiger partial charge in [-0.25, -0.2) is 0 Å². The largest absolute Gasteiger partial charge is 0.0625 e. The Morgan fingerprint density at radius 2 is 1.00 bits per heavy atom. The van der Waals surface area contributed by atoms with Crippen molar-refractivity contribution in [1.29, 1.82) is 0 Å². The molecule has 0 heteroatoms. The standard InChI is InChI=1S/C12H22/c1-9-5-11-3-4-12(6-9)8-10(2)7-11/h9-12H,3-8H2,1-2H3. The molecule has 2 saturated carbocycles. The first-order valence-electron chi connectivity index (χ1n) is 5.74. The molecule has 0 atom stereocenters. The van der Waals surface area contributed by atoms with Gasteiger partial charge >= 0.3 is 0 Å². The van der Waals surface area contributed by atoms with Crippen molar-refractivity contribution in [2.75, 3.05) is 0 Å². The van der Waals surface area contributed by atoms with E-state index in [1.54, 1.807) is 12.8 Å². The molecule has 12 heavy (non-hydrogen) atoms. The molecule has 2 rings (SSSR count). The number of hydrogen-bond donors (Lipinski definition) is 0. The third-order valence-electron chi connectivity index (χ3n) is 3.93. The zero-order chi connectivity index (χ0) is 8.55. The minimum Gasteiger partial charge on any atom is -0.0625 e. The van der Waals surface area contributed by atoms with Gasteiger partial charge in [0.2, 0.25) is 0 Å². The molecule has 2 aliphatic carbocycles. The van der Waals surface area contributed by atoms with Gasteiger partial charge in [-0.2, -0.15) is 0 Å². The maximum Gasteiger partial charge on any atom is -0.0409 e. The average Bonchev–Trinajstić information content (AvgIpc) is 2.18. The van der Waals surface area contributed by atoms with Crippen LogP contribution in [0.2, 0.25) is 0 Å². The summed E-state index contributed by atoms with van der Waals surface area (Å²) >= 11 is 0. The van der Waals surface area contributed by atoms with Gasteiger partial charge < -0.3 is 0 Å². The Hall–Kier alpha value is 0. The fraction of sp³-hybridized carbons (Fsp3) is 1.00. The second-order valence-corrected chi connectivity index (χ2v) is 5.46. The lowest BCUT2D eigenvalue weighted by atomic mass is 9.81. The van der Waals surface area contributed by atoms with Crippen molar-refractivity contribution < 1.29 is 0 Å². The van der Waals surface area contributed by atoms with Crippen LogP contribution >= 0.6 is 0 Å². The lowest BCUT2D eigenvalue weighted by Gasteiger charge is -2.25. The summed E-state index contributed by atoms with van der Waals surface area (Å²) in [6, 6.07) is 0. The maximum atomic E-state index is 2.46. The smallest absolute Gasteiger partial charge is 0.0409 e. The SMILES string of the molecule is CC1CC2CCC(C1)CC(C)C2. The third kappa shape index (κ3) is 1.84. The second-order valence-electron chi connectivity index (χ2n) is 5.46. The highest BCUT2D eigenvalue weighted by molar-refractivity contribution is 4.81. The predicted molar refractivity (Wildman–Crippen MR) is 53.0 cm³/mol. The molecule has 0 saturated heterocycles. The van der Waals surface area contributed by atoms with Crippen LogP contribution in [0.3, 0.4) is 0 Å².